The quantitative estimate of drug-likeness (QED) is 0.743. The summed E-state index contributed by atoms with van der Waals surface area (Å²) in [5.74, 6) is 0.284. The fraction of sp³-hybridized carbons (Fsp3) is 0.556. The second-order valence-electron chi connectivity index (χ2n) is 6.14. The van der Waals surface area contributed by atoms with Crippen LogP contribution in [0.25, 0.3) is 0 Å². The Bertz CT molecular complexity index is 584. The molecule has 1 aliphatic rings. The molecule has 0 heterocycles. The van der Waals surface area contributed by atoms with Crippen LogP contribution in [0.3, 0.4) is 0 Å². The molecule has 132 valence electrons. The predicted octanol–water partition coefficient (Wildman–Crippen LogP) is 3.70. The second-order valence-corrected chi connectivity index (χ2v) is 7.00. The summed E-state index contributed by atoms with van der Waals surface area (Å²) in [5.41, 5.74) is 0.335. The van der Waals surface area contributed by atoms with Crippen molar-refractivity contribution in [1.29, 1.82) is 0 Å². The van der Waals surface area contributed by atoms with Crippen LogP contribution in [-0.4, -0.2) is 31.6 Å². The maximum atomic E-state index is 12.3. The minimum Gasteiger partial charge on any atom is -0.497 e. The summed E-state index contributed by atoms with van der Waals surface area (Å²) in [6.45, 7) is 2.24. The lowest BCUT2D eigenvalue weighted by Gasteiger charge is -2.22. The van der Waals surface area contributed by atoms with Gasteiger partial charge in [0.05, 0.1) is 12.7 Å². The van der Waals surface area contributed by atoms with Crippen molar-refractivity contribution in [2.24, 2.45) is 5.92 Å². The fourth-order valence-electron chi connectivity index (χ4n) is 2.85. The minimum atomic E-state index is -0.834. The number of methoxy groups -OCH3 is 1. The van der Waals surface area contributed by atoms with Gasteiger partial charge in [-0.15, -0.1) is 0 Å². The lowest BCUT2D eigenvalue weighted by atomic mass is 9.89. The van der Waals surface area contributed by atoms with Gasteiger partial charge in [0.1, 0.15) is 5.75 Å². The lowest BCUT2D eigenvalue weighted by Crippen LogP contribution is -2.38. The number of hydrogen-bond donors (Lipinski definition) is 1. The van der Waals surface area contributed by atoms with Crippen molar-refractivity contribution in [1.82, 2.24) is 5.32 Å². The Kier molecular flexibility index (Phi) is 7.09. The van der Waals surface area contributed by atoms with Crippen molar-refractivity contribution in [2.45, 2.75) is 45.1 Å². The molecule has 24 heavy (non-hydrogen) atoms. The molecule has 1 aromatic carbocycles. The smallest absolute Gasteiger partial charge is 0.340 e. The van der Waals surface area contributed by atoms with Crippen LogP contribution in [0.2, 0.25) is 0 Å². The van der Waals surface area contributed by atoms with Crippen LogP contribution in [0.15, 0.2) is 22.7 Å². The first kappa shape index (κ1) is 18.8. The van der Waals surface area contributed by atoms with E-state index in [0.29, 0.717) is 28.2 Å². The topological polar surface area (TPSA) is 64.6 Å². The van der Waals surface area contributed by atoms with E-state index in [4.69, 9.17) is 9.47 Å². The molecule has 5 nitrogen and oxygen atoms in total. The Hall–Kier alpha value is -1.56. The molecule has 1 aromatic rings. The summed E-state index contributed by atoms with van der Waals surface area (Å²) in [7, 11) is 1.53. The molecule has 1 amide bonds. The Morgan fingerprint density at radius 2 is 2.00 bits per heavy atom. The first-order chi connectivity index (χ1) is 11.5. The van der Waals surface area contributed by atoms with Crippen molar-refractivity contribution in [3.8, 4) is 5.75 Å². The van der Waals surface area contributed by atoms with Crippen LogP contribution in [0, 0.1) is 5.92 Å². The largest absolute Gasteiger partial charge is 0.497 e. The van der Waals surface area contributed by atoms with Gasteiger partial charge in [0.15, 0.2) is 6.10 Å². The lowest BCUT2D eigenvalue weighted by molar-refractivity contribution is -0.129. The summed E-state index contributed by atoms with van der Waals surface area (Å²) >= 11 is 3.31. The third kappa shape index (κ3) is 5.23. The zero-order valence-corrected chi connectivity index (χ0v) is 15.7. The van der Waals surface area contributed by atoms with E-state index in [9.17, 15) is 9.59 Å². The Morgan fingerprint density at radius 3 is 2.67 bits per heavy atom. The fourth-order valence-corrected chi connectivity index (χ4v) is 3.25. The molecule has 6 heteroatoms. The van der Waals surface area contributed by atoms with Gasteiger partial charge < -0.3 is 14.8 Å². The maximum Gasteiger partial charge on any atom is 0.340 e. The van der Waals surface area contributed by atoms with E-state index < -0.39 is 12.1 Å². The first-order valence-corrected chi connectivity index (χ1v) is 9.12. The molecule has 0 unspecified atom stereocenters. The molecule has 2 rings (SSSR count). The van der Waals surface area contributed by atoms with Gasteiger partial charge in [0.2, 0.25) is 0 Å². The third-order valence-corrected chi connectivity index (χ3v) is 5.03. The van der Waals surface area contributed by atoms with E-state index >= 15 is 0 Å². The standard InChI is InChI=1S/C18H24BrNO4/c1-12(17(21)20-11-13-6-4-3-5-7-13)24-18(22)15-10-14(23-2)8-9-16(15)19/h8-10,12-13H,3-7,11H2,1-2H3,(H,20,21)/t12-/m0/s1. The van der Waals surface area contributed by atoms with Gasteiger partial charge in [-0.2, -0.15) is 0 Å². The van der Waals surface area contributed by atoms with Gasteiger partial charge in [-0.05, 0) is 59.8 Å². The van der Waals surface area contributed by atoms with Crippen LogP contribution < -0.4 is 10.1 Å². The number of ether oxygens (including phenoxy) is 2. The van der Waals surface area contributed by atoms with Crippen molar-refractivity contribution < 1.29 is 19.1 Å². The van der Waals surface area contributed by atoms with E-state index in [0.717, 1.165) is 12.8 Å². The van der Waals surface area contributed by atoms with Crippen LogP contribution in [-0.2, 0) is 9.53 Å². The van der Waals surface area contributed by atoms with E-state index in [1.54, 1.807) is 25.1 Å². The van der Waals surface area contributed by atoms with Gasteiger partial charge in [-0.3, -0.25) is 4.79 Å². The highest BCUT2D eigenvalue weighted by atomic mass is 79.9. The van der Waals surface area contributed by atoms with Gasteiger partial charge >= 0.3 is 5.97 Å². The highest BCUT2D eigenvalue weighted by molar-refractivity contribution is 9.10. The normalized spacial score (nSPS) is 16.3. The number of esters is 1. The molecule has 1 fully saturated rings. The van der Waals surface area contributed by atoms with Gasteiger partial charge in [0, 0.05) is 11.0 Å². The second kappa shape index (κ2) is 9.06. The molecule has 1 saturated carbocycles. The number of rotatable bonds is 6. The Balaban J connectivity index is 1.87. The van der Waals surface area contributed by atoms with Crippen LogP contribution >= 0.6 is 15.9 Å². The van der Waals surface area contributed by atoms with E-state index in [1.807, 2.05) is 0 Å². The van der Waals surface area contributed by atoms with Crippen molar-refractivity contribution >= 4 is 27.8 Å². The monoisotopic (exact) mass is 397 g/mol. The number of nitrogens with one attached hydrogen (secondary N) is 1. The SMILES string of the molecule is COc1ccc(Br)c(C(=O)O[C@@H](C)C(=O)NCC2CCCCC2)c1. The van der Waals surface area contributed by atoms with Crippen LogP contribution in [0.1, 0.15) is 49.4 Å². The Labute approximate surface area is 151 Å². The molecular weight excluding hydrogens is 374 g/mol. The minimum absolute atomic E-state index is 0.257. The zero-order valence-electron chi connectivity index (χ0n) is 14.1. The predicted molar refractivity (Wildman–Crippen MR) is 95.2 cm³/mol. The maximum absolute atomic E-state index is 12.3. The van der Waals surface area contributed by atoms with Gasteiger partial charge in [-0.1, -0.05) is 19.3 Å². The molecule has 0 saturated heterocycles. The number of amides is 1. The molecule has 0 radical (unpaired) electrons. The molecule has 0 aromatic heterocycles. The van der Waals surface area contributed by atoms with Crippen molar-refractivity contribution in [3.63, 3.8) is 0 Å². The van der Waals surface area contributed by atoms with Crippen molar-refractivity contribution in [3.05, 3.63) is 28.2 Å². The molecular formula is C18H24BrNO4. The highest BCUT2D eigenvalue weighted by Crippen LogP contribution is 2.24. The molecule has 0 spiro atoms. The number of halogens is 1. The zero-order chi connectivity index (χ0) is 17.5. The third-order valence-electron chi connectivity index (χ3n) is 4.34. The molecule has 0 aliphatic heterocycles. The highest BCUT2D eigenvalue weighted by Gasteiger charge is 2.22. The summed E-state index contributed by atoms with van der Waals surface area (Å²) < 4.78 is 11.0. The average molecular weight is 398 g/mol. The summed E-state index contributed by atoms with van der Waals surface area (Å²) in [5, 5.41) is 2.89. The van der Waals surface area contributed by atoms with E-state index in [2.05, 4.69) is 21.2 Å². The number of hydrogen-bond acceptors (Lipinski definition) is 4. The Morgan fingerprint density at radius 1 is 1.29 bits per heavy atom. The van der Waals surface area contributed by atoms with E-state index in [-0.39, 0.29) is 5.91 Å². The van der Waals surface area contributed by atoms with Gasteiger partial charge in [-0.25, -0.2) is 4.79 Å². The number of benzene rings is 1. The number of carbonyl (C=O) groups excluding carboxylic acids is 2. The first-order valence-electron chi connectivity index (χ1n) is 8.33. The van der Waals surface area contributed by atoms with Crippen molar-refractivity contribution in [2.75, 3.05) is 13.7 Å². The molecule has 1 N–H and O–H groups in total. The van der Waals surface area contributed by atoms with Crippen LogP contribution in [0.5, 0.6) is 5.75 Å². The van der Waals surface area contributed by atoms with Gasteiger partial charge in [0.25, 0.3) is 5.91 Å². The summed E-state index contributed by atoms with van der Waals surface area (Å²) in [4.78, 5) is 24.4. The van der Waals surface area contributed by atoms with Crippen LogP contribution in [0.4, 0.5) is 0 Å². The summed E-state index contributed by atoms with van der Waals surface area (Å²) in [6, 6.07) is 5.03. The van der Waals surface area contributed by atoms with E-state index in [1.165, 1.54) is 26.4 Å². The molecule has 1 aliphatic carbocycles. The average Bonchev–Trinajstić information content (AvgIpc) is 2.60. The summed E-state index contributed by atoms with van der Waals surface area (Å²) in [6.07, 6.45) is 5.23. The molecule has 0 bridgehead atoms. The molecule has 1 atom stereocenters. The number of carbonyl (C=O) groups is 2.